The molecule has 1 aliphatic rings. The van der Waals surface area contributed by atoms with Crippen LogP contribution in [0.2, 0.25) is 0 Å². The molecule has 5 heteroatoms. The molecule has 1 aliphatic heterocycles. The van der Waals surface area contributed by atoms with Crippen molar-refractivity contribution in [3.8, 4) is 5.75 Å². The van der Waals surface area contributed by atoms with E-state index in [1.54, 1.807) is 7.11 Å². The van der Waals surface area contributed by atoms with Crippen molar-refractivity contribution in [3.63, 3.8) is 0 Å². The number of thiophene rings is 1. The van der Waals surface area contributed by atoms with Gasteiger partial charge in [0.05, 0.1) is 7.11 Å². The van der Waals surface area contributed by atoms with E-state index in [0.717, 1.165) is 19.4 Å². The van der Waals surface area contributed by atoms with Crippen LogP contribution >= 0.6 is 11.3 Å². The van der Waals surface area contributed by atoms with Gasteiger partial charge >= 0.3 is 0 Å². The highest BCUT2D eigenvalue weighted by Crippen LogP contribution is 2.28. The Kier molecular flexibility index (Phi) is 3.69. The summed E-state index contributed by atoms with van der Waals surface area (Å²) in [5.74, 6) is 0.735. The number of rotatable bonds is 2. The lowest BCUT2D eigenvalue weighted by atomic mass is 9.99. The number of likely N-dealkylation sites (tertiary alicyclic amines) is 1. The van der Waals surface area contributed by atoms with Gasteiger partial charge in [-0.05, 0) is 31.2 Å². The van der Waals surface area contributed by atoms with E-state index >= 15 is 0 Å². The second-order valence-electron chi connectivity index (χ2n) is 4.45. The molecule has 94 valence electrons. The predicted octanol–water partition coefficient (Wildman–Crippen LogP) is 1.71. The summed E-state index contributed by atoms with van der Waals surface area (Å²) in [5, 5.41) is 1.88. The normalized spacial score (nSPS) is 24.8. The molecule has 2 N–H and O–H groups in total. The first-order chi connectivity index (χ1) is 8.13. The summed E-state index contributed by atoms with van der Waals surface area (Å²) in [7, 11) is 1.59. The molecule has 17 heavy (non-hydrogen) atoms. The Morgan fingerprint density at radius 1 is 1.65 bits per heavy atom. The van der Waals surface area contributed by atoms with Crippen LogP contribution in [-0.2, 0) is 0 Å². The minimum atomic E-state index is 0.0660. The smallest absolute Gasteiger partial charge is 0.267 e. The number of nitrogens with two attached hydrogens (primary N) is 1. The molecule has 2 atom stereocenters. The molecule has 4 nitrogen and oxygen atoms in total. The van der Waals surface area contributed by atoms with Crippen LogP contribution in [0.25, 0.3) is 0 Å². The van der Waals surface area contributed by atoms with Crippen LogP contribution in [0.3, 0.4) is 0 Å². The molecular weight excluding hydrogens is 236 g/mol. The maximum Gasteiger partial charge on any atom is 0.267 e. The van der Waals surface area contributed by atoms with E-state index < -0.39 is 0 Å². The fraction of sp³-hybridized carbons (Fsp3) is 0.583. The number of piperidine rings is 1. The predicted molar refractivity (Wildman–Crippen MR) is 68.6 cm³/mol. The summed E-state index contributed by atoms with van der Waals surface area (Å²) in [6, 6.07) is 2.26. The molecule has 0 radical (unpaired) electrons. The van der Waals surface area contributed by atoms with Gasteiger partial charge in [-0.25, -0.2) is 0 Å². The van der Waals surface area contributed by atoms with E-state index in [-0.39, 0.29) is 18.0 Å². The largest absolute Gasteiger partial charge is 0.495 e. The van der Waals surface area contributed by atoms with Crippen LogP contribution in [0.4, 0.5) is 0 Å². The van der Waals surface area contributed by atoms with Crippen LogP contribution in [0.1, 0.15) is 29.4 Å². The summed E-state index contributed by atoms with van der Waals surface area (Å²) in [4.78, 5) is 15.0. The van der Waals surface area contributed by atoms with Crippen LogP contribution in [-0.4, -0.2) is 36.5 Å². The number of amides is 1. The molecule has 0 saturated carbocycles. The van der Waals surface area contributed by atoms with Crippen LogP contribution in [0, 0.1) is 0 Å². The van der Waals surface area contributed by atoms with Gasteiger partial charge in [0.2, 0.25) is 0 Å². The topological polar surface area (TPSA) is 55.6 Å². The number of carbonyl (C=O) groups is 1. The molecule has 1 amide bonds. The van der Waals surface area contributed by atoms with E-state index in [9.17, 15) is 4.79 Å². The highest BCUT2D eigenvalue weighted by Gasteiger charge is 2.29. The van der Waals surface area contributed by atoms with Gasteiger partial charge in [-0.15, -0.1) is 11.3 Å². The Hall–Kier alpha value is -1.07. The maximum absolute atomic E-state index is 12.4. The van der Waals surface area contributed by atoms with Crippen molar-refractivity contribution in [1.29, 1.82) is 0 Å². The Bertz CT molecular complexity index is 405. The molecule has 0 bridgehead atoms. The molecule has 1 fully saturated rings. The Morgan fingerprint density at radius 3 is 3.06 bits per heavy atom. The van der Waals surface area contributed by atoms with Crippen molar-refractivity contribution in [2.24, 2.45) is 5.73 Å². The fourth-order valence-electron chi connectivity index (χ4n) is 2.25. The van der Waals surface area contributed by atoms with Gasteiger partial charge in [-0.1, -0.05) is 0 Å². The van der Waals surface area contributed by atoms with Gasteiger partial charge in [0.1, 0.15) is 10.6 Å². The maximum atomic E-state index is 12.4. The van der Waals surface area contributed by atoms with E-state index in [4.69, 9.17) is 10.5 Å². The summed E-state index contributed by atoms with van der Waals surface area (Å²) in [5.41, 5.74) is 5.90. The standard InChI is InChI=1S/C12H18N2O2S/c1-8-7-9(13)3-5-14(8)12(15)11-10(16-2)4-6-17-11/h4,6,8-9H,3,5,7,13H2,1-2H3. The number of hydrogen-bond acceptors (Lipinski definition) is 4. The molecule has 2 rings (SSSR count). The Labute approximate surface area is 105 Å². The quantitative estimate of drug-likeness (QED) is 0.874. The van der Waals surface area contributed by atoms with Gasteiger partial charge in [-0.2, -0.15) is 0 Å². The Balaban J connectivity index is 2.15. The second kappa shape index (κ2) is 5.06. The van der Waals surface area contributed by atoms with E-state index in [0.29, 0.717) is 10.6 Å². The fourth-order valence-corrected chi connectivity index (χ4v) is 3.07. The summed E-state index contributed by atoms with van der Waals surface area (Å²) >= 11 is 1.43. The Morgan fingerprint density at radius 2 is 2.41 bits per heavy atom. The number of hydrogen-bond donors (Lipinski definition) is 1. The highest BCUT2D eigenvalue weighted by atomic mass is 32.1. The van der Waals surface area contributed by atoms with E-state index in [1.165, 1.54) is 11.3 Å². The van der Waals surface area contributed by atoms with E-state index in [1.807, 2.05) is 16.3 Å². The van der Waals surface area contributed by atoms with Crippen LogP contribution < -0.4 is 10.5 Å². The number of carbonyl (C=O) groups excluding carboxylic acids is 1. The lowest BCUT2D eigenvalue weighted by Gasteiger charge is -2.36. The van der Waals surface area contributed by atoms with Crippen LogP contribution in [0.5, 0.6) is 5.75 Å². The molecule has 2 heterocycles. The number of methoxy groups -OCH3 is 1. The molecule has 2 unspecified atom stereocenters. The third-order valence-corrected chi connectivity index (χ3v) is 4.10. The third kappa shape index (κ3) is 2.45. The minimum absolute atomic E-state index is 0.0660. The average molecular weight is 254 g/mol. The first-order valence-electron chi connectivity index (χ1n) is 5.81. The monoisotopic (exact) mass is 254 g/mol. The molecular formula is C12H18N2O2S. The zero-order valence-electron chi connectivity index (χ0n) is 10.2. The number of nitrogens with zero attached hydrogens (tertiary/aromatic N) is 1. The first-order valence-corrected chi connectivity index (χ1v) is 6.69. The lowest BCUT2D eigenvalue weighted by Crippen LogP contribution is -2.48. The molecule has 0 aromatic carbocycles. The van der Waals surface area contributed by atoms with Crippen molar-refractivity contribution in [2.45, 2.75) is 31.8 Å². The minimum Gasteiger partial charge on any atom is -0.495 e. The zero-order valence-corrected chi connectivity index (χ0v) is 11.0. The van der Waals surface area contributed by atoms with Gasteiger partial charge in [0, 0.05) is 18.6 Å². The molecule has 1 aromatic rings. The summed E-state index contributed by atoms with van der Waals surface area (Å²) < 4.78 is 5.19. The number of ether oxygens (including phenoxy) is 1. The van der Waals surface area contributed by atoms with Gasteiger partial charge in [0.25, 0.3) is 5.91 Å². The molecule has 1 aromatic heterocycles. The summed E-state index contributed by atoms with van der Waals surface area (Å²) in [6.45, 7) is 2.79. The lowest BCUT2D eigenvalue weighted by molar-refractivity contribution is 0.0621. The summed E-state index contributed by atoms with van der Waals surface area (Å²) in [6.07, 6.45) is 1.75. The van der Waals surface area contributed by atoms with Gasteiger partial charge in [-0.3, -0.25) is 4.79 Å². The second-order valence-corrected chi connectivity index (χ2v) is 5.37. The molecule has 0 aliphatic carbocycles. The van der Waals surface area contributed by atoms with Crippen molar-refractivity contribution < 1.29 is 9.53 Å². The van der Waals surface area contributed by atoms with E-state index in [2.05, 4.69) is 6.92 Å². The third-order valence-electron chi connectivity index (χ3n) is 3.22. The van der Waals surface area contributed by atoms with Gasteiger partial charge in [0.15, 0.2) is 0 Å². The SMILES string of the molecule is COc1ccsc1C(=O)N1CCC(N)CC1C. The van der Waals surface area contributed by atoms with Crippen molar-refractivity contribution in [2.75, 3.05) is 13.7 Å². The molecule has 0 spiro atoms. The molecule has 1 saturated heterocycles. The van der Waals surface area contributed by atoms with Crippen molar-refractivity contribution in [3.05, 3.63) is 16.3 Å². The van der Waals surface area contributed by atoms with Crippen molar-refractivity contribution in [1.82, 2.24) is 4.90 Å². The average Bonchev–Trinajstić information content (AvgIpc) is 2.76. The zero-order chi connectivity index (χ0) is 12.4. The highest BCUT2D eigenvalue weighted by molar-refractivity contribution is 7.12. The van der Waals surface area contributed by atoms with Gasteiger partial charge < -0.3 is 15.4 Å². The van der Waals surface area contributed by atoms with Crippen LogP contribution in [0.15, 0.2) is 11.4 Å². The first kappa shape index (κ1) is 12.4. The van der Waals surface area contributed by atoms with Crippen molar-refractivity contribution >= 4 is 17.2 Å².